The van der Waals surface area contributed by atoms with E-state index in [4.69, 9.17) is 4.12 Å². The van der Waals surface area contributed by atoms with Crippen molar-refractivity contribution in [3.8, 4) is 0 Å². The van der Waals surface area contributed by atoms with E-state index < -0.39 is 16.6 Å². The van der Waals surface area contributed by atoms with Crippen molar-refractivity contribution in [2.45, 2.75) is 67.7 Å². The van der Waals surface area contributed by atoms with Gasteiger partial charge in [-0.1, -0.05) is 61.6 Å². The number of hydrogen-bond acceptors (Lipinski definition) is 3. The molecule has 192 valence electrons. The van der Waals surface area contributed by atoms with Crippen LogP contribution < -0.4 is 9.80 Å². The Balaban J connectivity index is 0.000000437. The molecule has 0 amide bonds. The summed E-state index contributed by atoms with van der Waals surface area (Å²) in [6.45, 7) is 29.6. The van der Waals surface area contributed by atoms with E-state index >= 15 is 0 Å². The summed E-state index contributed by atoms with van der Waals surface area (Å²) in [4.78, 5) is 4.70. The molecule has 3 rings (SSSR count). The molecule has 0 N–H and O–H groups in total. The van der Waals surface area contributed by atoms with Gasteiger partial charge in [0.15, 0.2) is 0 Å². The Kier molecular flexibility index (Phi) is 11.0. The van der Waals surface area contributed by atoms with Crippen molar-refractivity contribution in [1.82, 2.24) is 0 Å². The summed E-state index contributed by atoms with van der Waals surface area (Å²) in [5, 5.41) is 0. The van der Waals surface area contributed by atoms with Crippen LogP contribution >= 0.6 is 0 Å². The summed E-state index contributed by atoms with van der Waals surface area (Å²) in [5.74, 6) is 0. The van der Waals surface area contributed by atoms with E-state index in [1.807, 2.05) is 0 Å². The standard InChI is InChI=1S/C21H26N2.C8H16OSi2.Ni/c1-14-9-16(3)20(17(4)10-14)22-7-8-23(13-22)21-18(5)11-15(2)12-19(21)6;1-7-10(3,4)9-11(5,6)8-2;/h7-12H,13H2,1-6H3;1-2H2,3-6H3;/q;-2;+2. The van der Waals surface area contributed by atoms with E-state index in [0.717, 1.165) is 6.67 Å². The van der Waals surface area contributed by atoms with Gasteiger partial charge in [0.05, 0.1) is 6.67 Å². The first kappa shape index (κ1) is 31.2. The van der Waals surface area contributed by atoms with Crippen molar-refractivity contribution in [2.24, 2.45) is 0 Å². The smallest absolute Gasteiger partial charge is 0.506 e. The van der Waals surface area contributed by atoms with Crippen LogP contribution in [0, 0.1) is 52.9 Å². The molecule has 3 nitrogen and oxygen atoms in total. The number of benzene rings is 2. The molecule has 0 aromatic heterocycles. The normalized spacial score (nSPS) is 13.2. The van der Waals surface area contributed by atoms with Crippen LogP contribution in [0.5, 0.6) is 0 Å². The molecule has 1 aliphatic rings. The molecule has 0 spiro atoms. The van der Waals surface area contributed by atoms with Gasteiger partial charge in [0, 0.05) is 40.4 Å². The quantitative estimate of drug-likeness (QED) is 0.271. The molecular weight excluding hydrogens is 507 g/mol. The first-order chi connectivity index (χ1) is 15.7. The van der Waals surface area contributed by atoms with E-state index in [-0.39, 0.29) is 16.5 Å². The van der Waals surface area contributed by atoms with Gasteiger partial charge in [0.2, 0.25) is 0 Å². The zero-order chi connectivity index (χ0) is 25.8. The summed E-state index contributed by atoms with van der Waals surface area (Å²) in [6.07, 6.45) is 4.40. The molecule has 0 saturated heterocycles. The van der Waals surface area contributed by atoms with Crippen molar-refractivity contribution in [3.63, 3.8) is 0 Å². The maximum Gasteiger partial charge on any atom is 2.00 e. The third kappa shape index (κ3) is 8.35. The largest absolute Gasteiger partial charge is 2.00 e. The molecule has 35 heavy (non-hydrogen) atoms. The van der Waals surface area contributed by atoms with E-state index in [1.54, 1.807) is 0 Å². The molecule has 0 unspecified atom stereocenters. The van der Waals surface area contributed by atoms with Gasteiger partial charge in [0.1, 0.15) is 0 Å². The number of nitrogens with zero attached hydrogens (tertiary/aromatic N) is 2. The Bertz CT molecular complexity index is 963. The third-order valence-corrected chi connectivity index (χ3v) is 11.7. The summed E-state index contributed by atoms with van der Waals surface area (Å²) in [5.41, 5.74) is 16.6. The number of hydrogen-bond donors (Lipinski definition) is 0. The SMILES string of the molecule is C=[C-][Si](C)(C)O[Si](C)(C)[C-]=C.Cc1cc(C)c(N2C=CN(c3c(C)cc(C)cc3C)C2)c(C)c1.[Ni+2]. The minimum atomic E-state index is -1.74. The van der Waals surface area contributed by atoms with Crippen LogP contribution in [-0.2, 0) is 20.6 Å². The molecule has 0 atom stereocenters. The Morgan fingerprint density at radius 2 is 0.943 bits per heavy atom. The van der Waals surface area contributed by atoms with Crippen molar-refractivity contribution >= 4 is 28.0 Å². The minimum Gasteiger partial charge on any atom is -0.506 e. The molecule has 0 bridgehead atoms. The second-order valence-electron chi connectivity index (χ2n) is 10.4. The van der Waals surface area contributed by atoms with Crippen LogP contribution in [0.1, 0.15) is 33.4 Å². The molecule has 0 saturated carbocycles. The van der Waals surface area contributed by atoms with E-state index in [2.05, 4.69) is 139 Å². The molecule has 1 heterocycles. The first-order valence-electron chi connectivity index (χ1n) is 11.9. The van der Waals surface area contributed by atoms with Crippen LogP contribution in [0.4, 0.5) is 11.4 Å². The minimum absolute atomic E-state index is 0. The monoisotopic (exact) mass is 548 g/mol. The van der Waals surface area contributed by atoms with Gasteiger partial charge in [-0.3, -0.25) is 13.2 Å². The number of aryl methyl sites for hydroxylation is 6. The second-order valence-corrected chi connectivity index (χ2v) is 17.9. The molecule has 0 radical (unpaired) electrons. The van der Waals surface area contributed by atoms with Crippen LogP contribution in [0.25, 0.3) is 0 Å². The summed E-state index contributed by atoms with van der Waals surface area (Å²) >= 11 is 0. The molecule has 2 aromatic carbocycles. The Labute approximate surface area is 226 Å². The van der Waals surface area contributed by atoms with E-state index in [1.165, 1.54) is 44.8 Å². The predicted octanol–water partition coefficient (Wildman–Crippen LogP) is 7.76. The Morgan fingerprint density at radius 1 is 0.657 bits per heavy atom. The van der Waals surface area contributed by atoms with E-state index in [9.17, 15) is 0 Å². The zero-order valence-corrected chi connectivity index (χ0v) is 26.2. The second kappa shape index (κ2) is 12.4. The van der Waals surface area contributed by atoms with Crippen molar-refractivity contribution < 1.29 is 20.6 Å². The van der Waals surface area contributed by atoms with Crippen LogP contribution in [0.15, 0.2) is 49.8 Å². The van der Waals surface area contributed by atoms with Crippen LogP contribution in [0.2, 0.25) is 26.2 Å². The third-order valence-electron chi connectivity index (χ3n) is 5.94. The maximum absolute atomic E-state index is 5.85. The predicted molar refractivity (Wildman–Crippen MR) is 154 cm³/mol. The maximum atomic E-state index is 5.85. The van der Waals surface area contributed by atoms with Gasteiger partial charge in [-0.25, -0.2) is 0 Å². The average Bonchev–Trinajstić information content (AvgIpc) is 3.15. The molecule has 6 heteroatoms. The topological polar surface area (TPSA) is 15.7 Å². The average molecular weight is 550 g/mol. The molecule has 1 aliphatic heterocycles. The van der Waals surface area contributed by atoms with Gasteiger partial charge in [0.25, 0.3) is 0 Å². The van der Waals surface area contributed by atoms with Crippen LogP contribution in [0.3, 0.4) is 0 Å². The zero-order valence-electron chi connectivity index (χ0n) is 23.2. The van der Waals surface area contributed by atoms with Crippen molar-refractivity contribution in [3.05, 3.63) is 94.6 Å². The van der Waals surface area contributed by atoms with Gasteiger partial charge in [-0.05, 0) is 63.8 Å². The fraction of sp³-hybridized carbons (Fsp3) is 0.379. The summed E-state index contributed by atoms with van der Waals surface area (Å²) in [6, 6.07) is 9.06. The van der Waals surface area contributed by atoms with Gasteiger partial charge >= 0.3 is 16.5 Å². The number of anilines is 2. The Morgan fingerprint density at radius 3 is 1.20 bits per heavy atom. The molecule has 0 fully saturated rings. The molecule has 0 aliphatic carbocycles. The van der Waals surface area contributed by atoms with E-state index in [0.29, 0.717) is 0 Å². The fourth-order valence-corrected chi connectivity index (χ4v) is 10.4. The number of rotatable bonds is 6. The summed E-state index contributed by atoms with van der Waals surface area (Å²) < 4.78 is 5.85. The first-order valence-corrected chi connectivity index (χ1v) is 17.7. The van der Waals surface area contributed by atoms with Crippen molar-refractivity contribution in [2.75, 3.05) is 16.5 Å². The Hall–Kier alpha value is -1.85. The fourth-order valence-electron chi connectivity index (χ4n) is 4.67. The van der Waals surface area contributed by atoms with Gasteiger partial charge in [-0.15, -0.1) is 0 Å². The summed E-state index contributed by atoms with van der Waals surface area (Å²) in [7, 11) is -3.47. The molecular formula is C29H42N2NiOSi2. The van der Waals surface area contributed by atoms with Crippen LogP contribution in [-0.4, -0.2) is 23.3 Å². The molecule has 2 aromatic rings. The van der Waals surface area contributed by atoms with Gasteiger partial charge < -0.3 is 25.3 Å². The van der Waals surface area contributed by atoms with Crippen molar-refractivity contribution in [1.29, 1.82) is 0 Å². The van der Waals surface area contributed by atoms with Gasteiger partial charge in [-0.2, -0.15) is 0 Å².